The molecule has 0 fully saturated rings. The number of carboxylic acid groups (broad SMARTS) is 1. The second kappa shape index (κ2) is 6.49. The number of ketones is 1. The van der Waals surface area contributed by atoms with Gasteiger partial charge in [-0.25, -0.2) is 4.79 Å². The smallest absolute Gasteiger partial charge is 0.341 e. The van der Waals surface area contributed by atoms with Crippen molar-refractivity contribution in [2.45, 2.75) is 6.54 Å². The van der Waals surface area contributed by atoms with Crippen LogP contribution in [-0.2, 0) is 6.54 Å². The molecule has 0 amide bonds. The fourth-order valence-electron chi connectivity index (χ4n) is 1.84. The normalized spacial score (nSPS) is 10.2. The van der Waals surface area contributed by atoms with Crippen LogP contribution in [0, 0.1) is 0 Å². The maximum Gasteiger partial charge on any atom is 0.341 e. The fourth-order valence-corrected chi connectivity index (χ4v) is 2.35. The van der Waals surface area contributed by atoms with Crippen molar-refractivity contribution in [2.75, 3.05) is 7.11 Å². The number of hydrogen-bond donors (Lipinski definition) is 1. The average Bonchev–Trinajstić information content (AvgIpc) is 2.46. The summed E-state index contributed by atoms with van der Waals surface area (Å²) in [7, 11) is 1.56. The molecule has 1 N–H and O–H groups in total. The maximum absolute atomic E-state index is 12.2. The van der Waals surface area contributed by atoms with Gasteiger partial charge in [-0.1, -0.05) is 0 Å². The minimum absolute atomic E-state index is 0.0616. The minimum Gasteiger partial charge on any atom is -0.497 e. The van der Waals surface area contributed by atoms with Crippen molar-refractivity contribution >= 4 is 27.7 Å². The van der Waals surface area contributed by atoms with Crippen LogP contribution < -0.4 is 9.30 Å². The van der Waals surface area contributed by atoms with E-state index >= 15 is 0 Å². The van der Waals surface area contributed by atoms with Gasteiger partial charge < -0.3 is 9.84 Å². The molecule has 0 bridgehead atoms. The van der Waals surface area contributed by atoms with Crippen LogP contribution in [0.1, 0.15) is 20.7 Å². The number of halogens is 1. The molecule has 1 aromatic heterocycles. The molecule has 1 heterocycles. The number of ether oxygens (including phenoxy) is 1. The van der Waals surface area contributed by atoms with E-state index in [0.29, 0.717) is 15.8 Å². The van der Waals surface area contributed by atoms with Crippen LogP contribution in [-0.4, -0.2) is 24.0 Å². The number of aromatic nitrogens is 1. The van der Waals surface area contributed by atoms with Crippen molar-refractivity contribution in [3.63, 3.8) is 0 Å². The number of pyridine rings is 1. The number of Topliss-reactive ketones (excluding diaryl/α,β-unsaturated/α-hetero) is 1. The predicted molar refractivity (Wildman–Crippen MR) is 78.6 cm³/mol. The number of nitrogens with zero attached hydrogens (tertiary/aromatic N) is 1. The predicted octanol–water partition coefficient (Wildman–Crippen LogP) is 2.33. The lowest BCUT2D eigenvalue weighted by molar-refractivity contribution is -0.683. The van der Waals surface area contributed by atoms with Gasteiger partial charge in [0.1, 0.15) is 11.3 Å². The second-order valence-corrected chi connectivity index (χ2v) is 5.29. The Labute approximate surface area is 129 Å². The first-order valence-electron chi connectivity index (χ1n) is 6.10. The first-order valence-corrected chi connectivity index (χ1v) is 6.89. The Morgan fingerprint density at radius 3 is 2.43 bits per heavy atom. The van der Waals surface area contributed by atoms with Crippen molar-refractivity contribution in [1.82, 2.24) is 0 Å². The molecule has 2 rings (SSSR count). The summed E-state index contributed by atoms with van der Waals surface area (Å²) in [5, 5.41) is 9.01. The number of carbonyl (C=O) groups is 2. The lowest BCUT2D eigenvalue weighted by Crippen LogP contribution is -2.38. The molecule has 6 heteroatoms. The van der Waals surface area contributed by atoms with E-state index in [4.69, 9.17) is 9.84 Å². The maximum atomic E-state index is 12.2. The van der Waals surface area contributed by atoms with E-state index in [1.54, 1.807) is 42.1 Å². The highest BCUT2D eigenvalue weighted by molar-refractivity contribution is 9.10. The van der Waals surface area contributed by atoms with Gasteiger partial charge in [0.05, 0.1) is 11.6 Å². The van der Waals surface area contributed by atoms with Crippen LogP contribution in [0.5, 0.6) is 5.75 Å². The van der Waals surface area contributed by atoms with Gasteiger partial charge in [0.15, 0.2) is 12.4 Å². The highest BCUT2D eigenvalue weighted by Crippen LogP contribution is 2.12. The highest BCUT2D eigenvalue weighted by Gasteiger charge is 2.16. The minimum atomic E-state index is -1.04. The first kappa shape index (κ1) is 15.2. The molecule has 0 aliphatic heterocycles. The average molecular weight is 351 g/mol. The van der Waals surface area contributed by atoms with Gasteiger partial charge in [-0.05, 0) is 46.3 Å². The molecule has 0 unspecified atom stereocenters. The third-order valence-electron chi connectivity index (χ3n) is 2.87. The number of benzene rings is 1. The molecule has 0 radical (unpaired) electrons. The molecule has 2 aromatic rings. The Bertz CT molecular complexity index is 683. The molecule has 0 saturated carbocycles. The fraction of sp³-hybridized carbons (Fsp3) is 0.133. The van der Waals surface area contributed by atoms with E-state index < -0.39 is 5.97 Å². The van der Waals surface area contributed by atoms with E-state index in [0.717, 1.165) is 0 Å². The van der Waals surface area contributed by atoms with Gasteiger partial charge in [-0.3, -0.25) is 4.79 Å². The summed E-state index contributed by atoms with van der Waals surface area (Å²) in [6, 6.07) is 8.26. The SMILES string of the molecule is COc1ccc(C(=O)C[n+]2cc(Br)cc(C(=O)O)c2)cc1. The van der Waals surface area contributed by atoms with Gasteiger partial charge in [-0.15, -0.1) is 0 Å². The van der Waals surface area contributed by atoms with Crippen molar-refractivity contribution < 1.29 is 24.0 Å². The van der Waals surface area contributed by atoms with Crippen LogP contribution >= 0.6 is 15.9 Å². The van der Waals surface area contributed by atoms with E-state index in [1.807, 2.05) is 0 Å². The van der Waals surface area contributed by atoms with E-state index in [9.17, 15) is 9.59 Å². The lowest BCUT2D eigenvalue weighted by atomic mass is 10.1. The molecule has 0 aliphatic carbocycles. The Morgan fingerprint density at radius 2 is 1.86 bits per heavy atom. The monoisotopic (exact) mass is 350 g/mol. The zero-order valence-corrected chi connectivity index (χ0v) is 12.8. The highest BCUT2D eigenvalue weighted by atomic mass is 79.9. The van der Waals surface area contributed by atoms with Crippen molar-refractivity contribution in [3.05, 3.63) is 58.3 Å². The molecular weight excluding hydrogens is 338 g/mol. The van der Waals surface area contributed by atoms with E-state index in [-0.39, 0.29) is 17.9 Å². The molecule has 1 aromatic carbocycles. The zero-order valence-electron chi connectivity index (χ0n) is 11.2. The summed E-state index contributed by atoms with van der Waals surface area (Å²) in [5.41, 5.74) is 0.659. The molecule has 108 valence electrons. The van der Waals surface area contributed by atoms with Crippen molar-refractivity contribution in [1.29, 1.82) is 0 Å². The number of aromatic carboxylic acids is 1. The zero-order chi connectivity index (χ0) is 15.4. The molecule has 0 spiro atoms. The van der Waals surface area contributed by atoms with Gasteiger partial charge in [0.25, 0.3) is 0 Å². The lowest BCUT2D eigenvalue weighted by Gasteiger charge is -2.02. The van der Waals surface area contributed by atoms with E-state index in [1.165, 1.54) is 12.3 Å². The largest absolute Gasteiger partial charge is 0.497 e. The molecule has 21 heavy (non-hydrogen) atoms. The van der Waals surface area contributed by atoms with Crippen LogP contribution in [0.4, 0.5) is 0 Å². The van der Waals surface area contributed by atoms with Crippen molar-refractivity contribution in [3.8, 4) is 5.75 Å². The molecule has 0 aliphatic rings. The number of methoxy groups -OCH3 is 1. The third-order valence-corrected chi connectivity index (χ3v) is 3.31. The van der Waals surface area contributed by atoms with Crippen LogP contribution in [0.15, 0.2) is 47.2 Å². The number of carboxylic acids is 1. The standard InChI is InChI=1S/C15H12BrNO4/c1-21-13-4-2-10(3-5-13)14(18)9-17-7-11(15(19)20)6-12(16)8-17/h2-8H,9H2,1H3/p+1. The van der Waals surface area contributed by atoms with Crippen LogP contribution in [0.2, 0.25) is 0 Å². The molecule has 0 saturated heterocycles. The third kappa shape index (κ3) is 3.88. The Balaban J connectivity index is 2.20. The molecule has 5 nitrogen and oxygen atoms in total. The number of hydrogen-bond acceptors (Lipinski definition) is 3. The summed E-state index contributed by atoms with van der Waals surface area (Å²) in [5.74, 6) is -0.478. The van der Waals surface area contributed by atoms with Gasteiger partial charge in [0, 0.05) is 5.56 Å². The summed E-state index contributed by atoms with van der Waals surface area (Å²) < 4.78 is 7.18. The van der Waals surface area contributed by atoms with Crippen LogP contribution in [0.3, 0.4) is 0 Å². The van der Waals surface area contributed by atoms with Crippen LogP contribution in [0.25, 0.3) is 0 Å². The molecule has 0 atom stereocenters. The Kier molecular flexibility index (Phi) is 4.70. The van der Waals surface area contributed by atoms with Gasteiger partial charge in [0.2, 0.25) is 12.3 Å². The summed E-state index contributed by atoms with van der Waals surface area (Å²) >= 11 is 3.23. The van der Waals surface area contributed by atoms with E-state index in [2.05, 4.69) is 15.9 Å². The topological polar surface area (TPSA) is 67.5 Å². The Hall–Kier alpha value is -2.21. The summed E-state index contributed by atoms with van der Waals surface area (Å²) in [4.78, 5) is 23.2. The van der Waals surface area contributed by atoms with Gasteiger partial charge in [-0.2, -0.15) is 4.57 Å². The Morgan fingerprint density at radius 1 is 1.19 bits per heavy atom. The van der Waals surface area contributed by atoms with Gasteiger partial charge >= 0.3 is 5.97 Å². The number of carbonyl (C=O) groups excluding carboxylic acids is 1. The quantitative estimate of drug-likeness (QED) is 0.663. The number of rotatable bonds is 5. The van der Waals surface area contributed by atoms with Crippen molar-refractivity contribution in [2.24, 2.45) is 0 Å². The molecular formula is C15H13BrNO4+. The summed E-state index contributed by atoms with van der Waals surface area (Å²) in [6.07, 6.45) is 3.09. The second-order valence-electron chi connectivity index (χ2n) is 4.37. The first-order chi connectivity index (χ1) is 9.99. The summed E-state index contributed by atoms with van der Waals surface area (Å²) in [6.45, 7) is 0.0616.